The van der Waals surface area contributed by atoms with E-state index in [0.29, 0.717) is 17.1 Å². The Morgan fingerprint density at radius 3 is 2.18 bits per heavy atom. The van der Waals surface area contributed by atoms with Crippen molar-refractivity contribution in [3.05, 3.63) is 42.5 Å². The largest absolute Gasteiger partial charge is 0.444 e. The second-order valence-corrected chi connectivity index (χ2v) is 6.05. The summed E-state index contributed by atoms with van der Waals surface area (Å²) in [5.74, 6) is 0. The topological polar surface area (TPSA) is 90.4 Å². The number of anilines is 3. The summed E-state index contributed by atoms with van der Waals surface area (Å²) in [5.41, 5.74) is 14.7. The molecule has 0 saturated carbocycles. The molecule has 0 heterocycles. The van der Waals surface area contributed by atoms with E-state index in [2.05, 4.69) is 5.32 Å². The van der Waals surface area contributed by atoms with E-state index in [0.717, 1.165) is 11.1 Å². The normalized spacial score (nSPS) is 11.0. The minimum atomic E-state index is -0.556. The van der Waals surface area contributed by atoms with Crippen LogP contribution in [-0.2, 0) is 4.74 Å². The van der Waals surface area contributed by atoms with Crippen molar-refractivity contribution in [2.75, 3.05) is 16.8 Å². The molecular weight excluding hydrogens is 278 g/mol. The zero-order valence-electron chi connectivity index (χ0n) is 13.0. The number of ether oxygens (including phenoxy) is 1. The van der Waals surface area contributed by atoms with E-state index in [1.54, 1.807) is 30.3 Å². The molecule has 0 aromatic heterocycles. The van der Waals surface area contributed by atoms with Crippen LogP contribution in [0, 0.1) is 0 Å². The van der Waals surface area contributed by atoms with Crippen molar-refractivity contribution in [1.29, 1.82) is 0 Å². The van der Waals surface area contributed by atoms with Gasteiger partial charge in [0.2, 0.25) is 0 Å². The van der Waals surface area contributed by atoms with Crippen LogP contribution in [0.1, 0.15) is 20.8 Å². The Balaban J connectivity index is 2.32. The molecule has 5 N–H and O–H groups in total. The number of hydrogen-bond donors (Lipinski definition) is 3. The van der Waals surface area contributed by atoms with Crippen molar-refractivity contribution >= 4 is 23.2 Å². The fourth-order valence-electron chi connectivity index (χ4n) is 1.99. The minimum absolute atomic E-state index is 0.506. The van der Waals surface area contributed by atoms with Gasteiger partial charge in [0.25, 0.3) is 0 Å². The monoisotopic (exact) mass is 299 g/mol. The van der Waals surface area contributed by atoms with Gasteiger partial charge in [-0.05, 0) is 56.7 Å². The van der Waals surface area contributed by atoms with Gasteiger partial charge in [-0.2, -0.15) is 0 Å². The molecule has 0 aliphatic heterocycles. The quantitative estimate of drug-likeness (QED) is 0.734. The summed E-state index contributed by atoms with van der Waals surface area (Å²) < 4.78 is 5.28. The maximum Gasteiger partial charge on any atom is 0.412 e. The fraction of sp³-hybridized carbons (Fsp3) is 0.235. The Kier molecular flexibility index (Phi) is 4.26. The summed E-state index contributed by atoms with van der Waals surface area (Å²) in [5, 5.41) is 2.76. The molecule has 0 bridgehead atoms. The highest BCUT2D eigenvalue weighted by molar-refractivity contribution is 5.92. The lowest BCUT2D eigenvalue weighted by atomic mass is 10.0. The highest BCUT2D eigenvalue weighted by atomic mass is 16.6. The van der Waals surface area contributed by atoms with Crippen LogP contribution in [0.2, 0.25) is 0 Å². The van der Waals surface area contributed by atoms with Crippen molar-refractivity contribution in [2.24, 2.45) is 0 Å². The Labute approximate surface area is 130 Å². The van der Waals surface area contributed by atoms with Crippen LogP contribution in [0.25, 0.3) is 11.1 Å². The molecule has 0 spiro atoms. The molecule has 0 aliphatic carbocycles. The van der Waals surface area contributed by atoms with Gasteiger partial charge < -0.3 is 16.2 Å². The average molecular weight is 299 g/mol. The van der Waals surface area contributed by atoms with E-state index in [1.165, 1.54) is 0 Å². The Morgan fingerprint density at radius 1 is 1.00 bits per heavy atom. The van der Waals surface area contributed by atoms with Crippen molar-refractivity contribution in [3.8, 4) is 11.1 Å². The summed E-state index contributed by atoms with van der Waals surface area (Å²) in [6.07, 6.45) is -0.506. The predicted octanol–water partition coefficient (Wildman–Crippen LogP) is 3.87. The molecule has 5 heteroatoms. The molecule has 2 aromatic rings. The van der Waals surface area contributed by atoms with E-state index in [1.807, 2.05) is 32.9 Å². The maximum atomic E-state index is 12.0. The maximum absolute atomic E-state index is 12.0. The van der Waals surface area contributed by atoms with E-state index >= 15 is 0 Å². The van der Waals surface area contributed by atoms with Crippen LogP contribution >= 0.6 is 0 Å². The molecule has 0 radical (unpaired) electrons. The van der Waals surface area contributed by atoms with Crippen LogP contribution in [0.3, 0.4) is 0 Å². The van der Waals surface area contributed by atoms with Gasteiger partial charge in [0, 0.05) is 16.9 Å². The highest BCUT2D eigenvalue weighted by Gasteiger charge is 2.17. The molecule has 2 aromatic carbocycles. The Bertz CT molecular complexity index is 673. The predicted molar refractivity (Wildman–Crippen MR) is 90.6 cm³/mol. The van der Waals surface area contributed by atoms with Gasteiger partial charge in [-0.15, -0.1) is 0 Å². The third-order valence-corrected chi connectivity index (χ3v) is 2.90. The van der Waals surface area contributed by atoms with Crippen LogP contribution in [0.4, 0.5) is 21.9 Å². The van der Waals surface area contributed by atoms with E-state index in [4.69, 9.17) is 16.2 Å². The zero-order chi connectivity index (χ0) is 16.3. The summed E-state index contributed by atoms with van der Waals surface area (Å²) in [4.78, 5) is 12.0. The molecule has 22 heavy (non-hydrogen) atoms. The first kappa shape index (κ1) is 15.7. The number of nitrogens with two attached hydrogens (primary N) is 2. The summed E-state index contributed by atoms with van der Waals surface area (Å²) >= 11 is 0. The fourth-order valence-corrected chi connectivity index (χ4v) is 1.99. The van der Waals surface area contributed by atoms with Crippen LogP contribution in [-0.4, -0.2) is 11.7 Å². The number of benzene rings is 2. The van der Waals surface area contributed by atoms with Crippen molar-refractivity contribution in [1.82, 2.24) is 0 Å². The summed E-state index contributed by atoms with van der Waals surface area (Å²) in [7, 11) is 0. The van der Waals surface area contributed by atoms with Gasteiger partial charge in [-0.3, -0.25) is 5.32 Å². The molecule has 0 saturated heterocycles. The standard InChI is InChI=1S/C17H21N3O2/c1-17(2,3)22-16(21)20-15-9-8-13(19)10-14(15)11-4-6-12(18)7-5-11/h4-10H,18-19H2,1-3H3,(H,20,21). The summed E-state index contributed by atoms with van der Waals surface area (Å²) in [6.45, 7) is 5.45. The van der Waals surface area contributed by atoms with Gasteiger partial charge >= 0.3 is 6.09 Å². The number of hydrogen-bond acceptors (Lipinski definition) is 4. The van der Waals surface area contributed by atoms with Crippen LogP contribution in [0.5, 0.6) is 0 Å². The van der Waals surface area contributed by atoms with Gasteiger partial charge in [-0.25, -0.2) is 4.79 Å². The molecule has 0 unspecified atom stereocenters. The third-order valence-electron chi connectivity index (χ3n) is 2.90. The van der Waals surface area contributed by atoms with Gasteiger partial charge in [0.1, 0.15) is 5.60 Å². The number of carbonyl (C=O) groups is 1. The zero-order valence-corrected chi connectivity index (χ0v) is 13.0. The molecule has 1 amide bonds. The molecule has 116 valence electrons. The first-order valence-electron chi connectivity index (χ1n) is 7.00. The third kappa shape index (κ3) is 4.15. The number of nitrogen functional groups attached to an aromatic ring is 2. The number of rotatable bonds is 2. The van der Waals surface area contributed by atoms with Crippen molar-refractivity contribution < 1.29 is 9.53 Å². The SMILES string of the molecule is CC(C)(C)OC(=O)Nc1ccc(N)cc1-c1ccc(N)cc1. The number of carbonyl (C=O) groups excluding carboxylic acids is 1. The van der Waals surface area contributed by atoms with Gasteiger partial charge in [0.05, 0.1) is 5.69 Å². The van der Waals surface area contributed by atoms with E-state index in [-0.39, 0.29) is 0 Å². The minimum Gasteiger partial charge on any atom is -0.444 e. The number of amides is 1. The van der Waals surface area contributed by atoms with E-state index in [9.17, 15) is 4.79 Å². The molecule has 0 fully saturated rings. The Hall–Kier alpha value is -2.69. The van der Waals surface area contributed by atoms with Crippen LogP contribution in [0.15, 0.2) is 42.5 Å². The highest BCUT2D eigenvalue weighted by Crippen LogP contribution is 2.31. The molecule has 2 rings (SSSR count). The molecular formula is C17H21N3O2. The van der Waals surface area contributed by atoms with Crippen molar-refractivity contribution in [3.63, 3.8) is 0 Å². The average Bonchev–Trinajstić information content (AvgIpc) is 2.40. The Morgan fingerprint density at radius 2 is 1.59 bits per heavy atom. The second-order valence-electron chi connectivity index (χ2n) is 6.05. The smallest absolute Gasteiger partial charge is 0.412 e. The second kappa shape index (κ2) is 5.97. The first-order valence-corrected chi connectivity index (χ1v) is 7.00. The van der Waals surface area contributed by atoms with Gasteiger partial charge in [-0.1, -0.05) is 12.1 Å². The summed E-state index contributed by atoms with van der Waals surface area (Å²) in [6, 6.07) is 12.6. The van der Waals surface area contributed by atoms with Gasteiger partial charge in [0.15, 0.2) is 0 Å². The lowest BCUT2D eigenvalue weighted by Crippen LogP contribution is -2.27. The molecule has 0 atom stereocenters. The lowest BCUT2D eigenvalue weighted by molar-refractivity contribution is 0.0636. The van der Waals surface area contributed by atoms with Crippen LogP contribution < -0.4 is 16.8 Å². The number of nitrogens with one attached hydrogen (secondary N) is 1. The molecule has 0 aliphatic rings. The van der Waals surface area contributed by atoms with Crippen molar-refractivity contribution in [2.45, 2.75) is 26.4 Å². The lowest BCUT2D eigenvalue weighted by Gasteiger charge is -2.20. The van der Waals surface area contributed by atoms with E-state index < -0.39 is 11.7 Å². The first-order chi connectivity index (χ1) is 10.2. The molecule has 5 nitrogen and oxygen atoms in total.